The number of benzene rings is 2. The van der Waals surface area contributed by atoms with Gasteiger partial charge < -0.3 is 5.11 Å². The van der Waals surface area contributed by atoms with Gasteiger partial charge in [-0.1, -0.05) is 37.6 Å². The molecule has 0 aliphatic heterocycles. The van der Waals surface area contributed by atoms with E-state index < -0.39 is 0 Å². The Kier molecular flexibility index (Phi) is 2.58. The minimum atomic E-state index is -0.286. The minimum Gasteiger partial charge on any atom is -0.507 e. The Morgan fingerprint density at radius 1 is 1.13 bits per heavy atom. The number of aryl methyl sites for hydroxylation is 1. The predicted octanol–water partition coefficient (Wildman–Crippen LogP) is 3.64. The third-order valence-electron chi connectivity index (χ3n) is 2.58. The van der Waals surface area contributed by atoms with E-state index in [1.54, 1.807) is 24.3 Å². The van der Waals surface area contributed by atoms with Crippen LogP contribution in [0.25, 0.3) is 10.8 Å². The second-order valence-electron chi connectivity index (χ2n) is 3.66. The van der Waals surface area contributed by atoms with Crippen LogP contribution in [0.1, 0.15) is 18.9 Å². The number of phenolic OH excluding ortho intramolecular Hbond substituents is 1. The van der Waals surface area contributed by atoms with Crippen molar-refractivity contribution in [1.29, 1.82) is 0 Å². The van der Waals surface area contributed by atoms with Gasteiger partial charge in [0.05, 0.1) is 0 Å². The average Bonchev–Trinajstić information content (AvgIpc) is 2.23. The highest BCUT2D eigenvalue weighted by atomic mass is 19.1. The van der Waals surface area contributed by atoms with Crippen LogP contribution >= 0.6 is 0 Å². The molecule has 2 rings (SSSR count). The molecule has 0 heterocycles. The Hall–Kier alpha value is -1.57. The first-order valence-corrected chi connectivity index (χ1v) is 5.13. The Morgan fingerprint density at radius 3 is 2.67 bits per heavy atom. The summed E-state index contributed by atoms with van der Waals surface area (Å²) in [5.41, 5.74) is 0.885. The molecular formula is C13H13FO. The summed E-state index contributed by atoms with van der Waals surface area (Å²) in [6.07, 6.45) is 1.78. The number of rotatable bonds is 2. The van der Waals surface area contributed by atoms with Gasteiger partial charge in [-0.25, -0.2) is 4.39 Å². The van der Waals surface area contributed by atoms with Crippen molar-refractivity contribution in [1.82, 2.24) is 0 Å². The number of hydrogen-bond acceptors (Lipinski definition) is 1. The zero-order chi connectivity index (χ0) is 10.8. The molecule has 15 heavy (non-hydrogen) atoms. The second kappa shape index (κ2) is 3.89. The molecule has 2 aromatic rings. The highest BCUT2D eigenvalue weighted by Gasteiger charge is 2.07. The molecule has 0 atom stereocenters. The zero-order valence-electron chi connectivity index (χ0n) is 8.63. The summed E-state index contributed by atoms with van der Waals surface area (Å²) in [6, 6.07) is 8.29. The molecule has 0 unspecified atom stereocenters. The highest BCUT2D eigenvalue weighted by molar-refractivity contribution is 5.89. The quantitative estimate of drug-likeness (QED) is 0.791. The SMILES string of the molecule is CCCc1ccc2c(F)cccc2c1O. The first kappa shape index (κ1) is 9.97. The van der Waals surface area contributed by atoms with Gasteiger partial charge in [0, 0.05) is 10.8 Å². The molecule has 0 aliphatic carbocycles. The molecule has 2 aromatic carbocycles. The van der Waals surface area contributed by atoms with Gasteiger partial charge in [0.2, 0.25) is 0 Å². The van der Waals surface area contributed by atoms with Crippen LogP contribution in [-0.4, -0.2) is 5.11 Å². The maximum Gasteiger partial charge on any atom is 0.131 e. The van der Waals surface area contributed by atoms with Crippen molar-refractivity contribution in [2.75, 3.05) is 0 Å². The molecule has 0 aliphatic rings. The Morgan fingerprint density at radius 2 is 1.93 bits per heavy atom. The molecule has 0 aromatic heterocycles. The summed E-state index contributed by atoms with van der Waals surface area (Å²) in [4.78, 5) is 0. The van der Waals surface area contributed by atoms with E-state index in [-0.39, 0.29) is 11.6 Å². The summed E-state index contributed by atoms with van der Waals surface area (Å²) in [5.74, 6) is -0.0697. The Bertz CT molecular complexity index is 491. The fraction of sp³-hybridized carbons (Fsp3) is 0.231. The van der Waals surface area contributed by atoms with Crippen LogP contribution in [0.15, 0.2) is 30.3 Å². The summed E-state index contributed by atoms with van der Waals surface area (Å²) >= 11 is 0. The topological polar surface area (TPSA) is 20.2 Å². The van der Waals surface area contributed by atoms with Gasteiger partial charge in [-0.2, -0.15) is 0 Å². The second-order valence-corrected chi connectivity index (χ2v) is 3.66. The number of halogens is 1. The van der Waals surface area contributed by atoms with Gasteiger partial charge >= 0.3 is 0 Å². The summed E-state index contributed by atoms with van der Waals surface area (Å²) in [6.45, 7) is 2.05. The van der Waals surface area contributed by atoms with E-state index in [9.17, 15) is 9.50 Å². The molecule has 0 amide bonds. The lowest BCUT2D eigenvalue weighted by Crippen LogP contribution is -1.87. The smallest absolute Gasteiger partial charge is 0.131 e. The molecule has 78 valence electrons. The molecule has 0 radical (unpaired) electrons. The van der Waals surface area contributed by atoms with E-state index in [4.69, 9.17) is 0 Å². The molecule has 2 heteroatoms. The van der Waals surface area contributed by atoms with E-state index in [1.807, 2.05) is 0 Å². The summed E-state index contributed by atoms with van der Waals surface area (Å²) in [7, 11) is 0. The van der Waals surface area contributed by atoms with Crippen molar-refractivity contribution < 1.29 is 9.50 Å². The maximum absolute atomic E-state index is 13.4. The van der Waals surface area contributed by atoms with E-state index in [2.05, 4.69) is 6.92 Å². The van der Waals surface area contributed by atoms with Crippen LogP contribution in [0.5, 0.6) is 5.75 Å². The lowest BCUT2D eigenvalue weighted by atomic mass is 10.0. The number of aromatic hydroxyl groups is 1. The lowest BCUT2D eigenvalue weighted by molar-refractivity contribution is 0.474. The van der Waals surface area contributed by atoms with Crippen LogP contribution in [0.3, 0.4) is 0 Å². The maximum atomic E-state index is 13.4. The van der Waals surface area contributed by atoms with Crippen molar-refractivity contribution in [3.8, 4) is 5.75 Å². The fourth-order valence-electron chi connectivity index (χ4n) is 1.82. The van der Waals surface area contributed by atoms with Crippen LogP contribution < -0.4 is 0 Å². The van der Waals surface area contributed by atoms with E-state index in [1.165, 1.54) is 6.07 Å². The van der Waals surface area contributed by atoms with Crippen molar-refractivity contribution >= 4 is 10.8 Å². The average molecular weight is 204 g/mol. The standard InChI is InChI=1S/C13H13FO/c1-2-4-9-7-8-10-11(13(9)15)5-3-6-12(10)14/h3,5-8,15H,2,4H2,1H3. The first-order chi connectivity index (χ1) is 7.24. The monoisotopic (exact) mass is 204 g/mol. The van der Waals surface area contributed by atoms with Crippen LogP contribution in [-0.2, 0) is 6.42 Å². The van der Waals surface area contributed by atoms with Gasteiger partial charge in [0.15, 0.2) is 0 Å². The molecule has 0 bridgehead atoms. The molecular weight excluding hydrogens is 191 g/mol. The normalized spacial score (nSPS) is 10.8. The van der Waals surface area contributed by atoms with Crippen LogP contribution in [0.4, 0.5) is 4.39 Å². The molecule has 0 saturated carbocycles. The first-order valence-electron chi connectivity index (χ1n) is 5.13. The van der Waals surface area contributed by atoms with Gasteiger partial charge in [0.25, 0.3) is 0 Å². The molecule has 0 saturated heterocycles. The third kappa shape index (κ3) is 1.67. The van der Waals surface area contributed by atoms with Crippen molar-refractivity contribution in [3.63, 3.8) is 0 Å². The number of phenols is 1. The summed E-state index contributed by atoms with van der Waals surface area (Å²) < 4.78 is 13.4. The van der Waals surface area contributed by atoms with Gasteiger partial charge in [0.1, 0.15) is 11.6 Å². The van der Waals surface area contributed by atoms with Crippen LogP contribution in [0, 0.1) is 5.82 Å². The predicted molar refractivity (Wildman–Crippen MR) is 59.6 cm³/mol. The Balaban J connectivity index is 2.68. The molecule has 1 nitrogen and oxygen atoms in total. The van der Waals surface area contributed by atoms with Crippen LogP contribution in [0.2, 0.25) is 0 Å². The van der Waals surface area contributed by atoms with Gasteiger partial charge in [-0.15, -0.1) is 0 Å². The molecule has 1 N–H and O–H groups in total. The highest BCUT2D eigenvalue weighted by Crippen LogP contribution is 2.30. The van der Waals surface area contributed by atoms with E-state index in [0.29, 0.717) is 10.8 Å². The van der Waals surface area contributed by atoms with E-state index in [0.717, 1.165) is 18.4 Å². The summed E-state index contributed by atoms with van der Waals surface area (Å²) in [5, 5.41) is 11.0. The van der Waals surface area contributed by atoms with E-state index >= 15 is 0 Å². The lowest BCUT2D eigenvalue weighted by Gasteiger charge is -2.07. The molecule has 0 fully saturated rings. The third-order valence-corrected chi connectivity index (χ3v) is 2.58. The molecule has 0 spiro atoms. The minimum absolute atomic E-state index is 0.217. The fourth-order valence-corrected chi connectivity index (χ4v) is 1.82. The number of hydrogen-bond donors (Lipinski definition) is 1. The van der Waals surface area contributed by atoms with Gasteiger partial charge in [-0.05, 0) is 18.1 Å². The van der Waals surface area contributed by atoms with Crippen molar-refractivity contribution in [3.05, 3.63) is 41.7 Å². The largest absolute Gasteiger partial charge is 0.507 e. The number of fused-ring (bicyclic) bond motifs is 1. The van der Waals surface area contributed by atoms with Crippen molar-refractivity contribution in [2.24, 2.45) is 0 Å². The van der Waals surface area contributed by atoms with Crippen molar-refractivity contribution in [2.45, 2.75) is 19.8 Å². The van der Waals surface area contributed by atoms with Gasteiger partial charge in [-0.3, -0.25) is 0 Å². The zero-order valence-corrected chi connectivity index (χ0v) is 8.63. The Labute approximate surface area is 88.2 Å².